The first kappa shape index (κ1) is 17.1. The zero-order valence-corrected chi connectivity index (χ0v) is 14.7. The number of nitrogens with zero attached hydrogens (tertiary/aromatic N) is 4. The van der Waals surface area contributed by atoms with Gasteiger partial charge in [0.05, 0.1) is 29.5 Å². The number of rotatable bonds is 3. The van der Waals surface area contributed by atoms with Crippen LogP contribution < -0.4 is 9.47 Å². The molecule has 138 valence electrons. The van der Waals surface area contributed by atoms with Crippen LogP contribution >= 0.6 is 0 Å². The third-order valence-electron chi connectivity index (χ3n) is 4.02. The standard InChI is InChI=1S/C18H14F2N4O3/c1-9-4-14-15(27-18(19,20)26-14)5-12(9)13-6-22-16(7-21-13)24-11(3)17-10(2)23-8-25-17/h4-8H,1-3H3. The van der Waals surface area contributed by atoms with E-state index in [0.29, 0.717) is 34.1 Å². The van der Waals surface area contributed by atoms with Crippen molar-refractivity contribution >= 4 is 11.5 Å². The van der Waals surface area contributed by atoms with Gasteiger partial charge in [0, 0.05) is 5.56 Å². The third-order valence-corrected chi connectivity index (χ3v) is 4.02. The summed E-state index contributed by atoms with van der Waals surface area (Å²) < 4.78 is 40.7. The molecule has 0 N–H and O–H groups in total. The van der Waals surface area contributed by atoms with Gasteiger partial charge >= 0.3 is 6.29 Å². The van der Waals surface area contributed by atoms with Crippen LogP contribution in [0.4, 0.5) is 14.6 Å². The highest BCUT2D eigenvalue weighted by Crippen LogP contribution is 2.44. The number of halogens is 2. The van der Waals surface area contributed by atoms with Gasteiger partial charge < -0.3 is 13.9 Å². The first-order valence-corrected chi connectivity index (χ1v) is 8.01. The van der Waals surface area contributed by atoms with Gasteiger partial charge in [0.1, 0.15) is 0 Å². The maximum atomic E-state index is 13.2. The summed E-state index contributed by atoms with van der Waals surface area (Å²) >= 11 is 0. The first-order chi connectivity index (χ1) is 12.8. The predicted octanol–water partition coefficient (Wildman–Crippen LogP) is 4.21. The molecule has 0 saturated heterocycles. The fourth-order valence-electron chi connectivity index (χ4n) is 2.76. The van der Waals surface area contributed by atoms with Crippen LogP contribution in [0.25, 0.3) is 11.3 Å². The van der Waals surface area contributed by atoms with E-state index in [4.69, 9.17) is 4.42 Å². The molecule has 1 aliphatic rings. The van der Waals surface area contributed by atoms with Gasteiger partial charge in [-0.15, -0.1) is 8.78 Å². The van der Waals surface area contributed by atoms with Crippen LogP contribution in [0.15, 0.2) is 40.3 Å². The maximum Gasteiger partial charge on any atom is 0.586 e. The Labute approximate surface area is 152 Å². The molecule has 0 unspecified atom stereocenters. The van der Waals surface area contributed by atoms with Gasteiger partial charge in [0.2, 0.25) is 0 Å². The molecule has 0 amide bonds. The fourth-order valence-corrected chi connectivity index (χ4v) is 2.76. The molecule has 7 nitrogen and oxygen atoms in total. The Hall–Kier alpha value is -3.36. The lowest BCUT2D eigenvalue weighted by Gasteiger charge is -2.06. The van der Waals surface area contributed by atoms with E-state index >= 15 is 0 Å². The van der Waals surface area contributed by atoms with Crippen molar-refractivity contribution in [1.82, 2.24) is 15.0 Å². The molecule has 0 radical (unpaired) electrons. The molecule has 3 heterocycles. The van der Waals surface area contributed by atoms with Crippen LogP contribution in [0, 0.1) is 13.8 Å². The van der Waals surface area contributed by atoms with E-state index in [2.05, 4.69) is 29.4 Å². The zero-order valence-electron chi connectivity index (χ0n) is 14.7. The van der Waals surface area contributed by atoms with Gasteiger partial charge in [-0.1, -0.05) is 0 Å². The van der Waals surface area contributed by atoms with E-state index < -0.39 is 6.29 Å². The Morgan fingerprint density at radius 2 is 1.78 bits per heavy atom. The highest BCUT2D eigenvalue weighted by molar-refractivity contribution is 5.98. The summed E-state index contributed by atoms with van der Waals surface area (Å²) in [5, 5.41) is 0. The minimum atomic E-state index is -3.66. The van der Waals surface area contributed by atoms with Gasteiger partial charge in [0.25, 0.3) is 0 Å². The molecule has 0 aliphatic carbocycles. The van der Waals surface area contributed by atoms with Crippen LogP contribution in [-0.4, -0.2) is 27.0 Å². The second-order valence-electron chi connectivity index (χ2n) is 6.01. The quantitative estimate of drug-likeness (QED) is 0.641. The molecule has 0 fully saturated rings. The normalized spacial score (nSPS) is 15.2. The van der Waals surface area contributed by atoms with Gasteiger partial charge in [-0.2, -0.15) is 0 Å². The number of hydrogen-bond donors (Lipinski definition) is 0. The van der Waals surface area contributed by atoms with Crippen molar-refractivity contribution in [1.29, 1.82) is 0 Å². The molecule has 0 saturated carbocycles. The highest BCUT2D eigenvalue weighted by atomic mass is 19.3. The van der Waals surface area contributed by atoms with Crippen LogP contribution in [0.5, 0.6) is 11.5 Å². The second-order valence-corrected chi connectivity index (χ2v) is 6.01. The number of fused-ring (bicyclic) bond motifs is 1. The summed E-state index contributed by atoms with van der Waals surface area (Å²) in [5.74, 6) is 0.917. The Balaban J connectivity index is 1.63. The van der Waals surface area contributed by atoms with Crippen LogP contribution in [0.3, 0.4) is 0 Å². The van der Waals surface area contributed by atoms with E-state index in [1.165, 1.54) is 30.9 Å². The van der Waals surface area contributed by atoms with Crippen LogP contribution in [0.1, 0.15) is 23.9 Å². The van der Waals surface area contributed by atoms with E-state index in [0.717, 1.165) is 5.69 Å². The molecule has 9 heteroatoms. The molecular formula is C18H14F2N4O3. The molecule has 2 aromatic heterocycles. The number of alkyl halides is 2. The summed E-state index contributed by atoms with van der Waals surface area (Å²) in [6.45, 7) is 5.36. The molecule has 27 heavy (non-hydrogen) atoms. The van der Waals surface area contributed by atoms with E-state index in [9.17, 15) is 8.78 Å². The number of aliphatic imine (C=N–C) groups is 1. The lowest BCUT2D eigenvalue weighted by Crippen LogP contribution is -2.25. The summed E-state index contributed by atoms with van der Waals surface area (Å²) in [6.07, 6.45) is 0.698. The monoisotopic (exact) mass is 372 g/mol. The number of aromatic nitrogens is 3. The lowest BCUT2D eigenvalue weighted by molar-refractivity contribution is -0.286. The summed E-state index contributed by atoms with van der Waals surface area (Å²) in [5.41, 5.74) is 3.17. The van der Waals surface area contributed by atoms with E-state index in [1.54, 1.807) is 13.8 Å². The smallest absolute Gasteiger partial charge is 0.442 e. The van der Waals surface area contributed by atoms with Crippen molar-refractivity contribution in [3.05, 3.63) is 47.9 Å². The van der Waals surface area contributed by atoms with Crippen molar-refractivity contribution < 1.29 is 22.7 Å². The Kier molecular flexibility index (Phi) is 3.87. The minimum absolute atomic E-state index is 0.00604. The topological polar surface area (TPSA) is 82.6 Å². The van der Waals surface area contributed by atoms with Crippen molar-refractivity contribution in [2.24, 2.45) is 4.99 Å². The van der Waals surface area contributed by atoms with Crippen molar-refractivity contribution in [2.75, 3.05) is 0 Å². The van der Waals surface area contributed by atoms with Gasteiger partial charge in [-0.05, 0) is 38.5 Å². The van der Waals surface area contributed by atoms with Crippen molar-refractivity contribution in [3.8, 4) is 22.8 Å². The fraction of sp³-hybridized carbons (Fsp3) is 0.222. The predicted molar refractivity (Wildman–Crippen MR) is 91.5 cm³/mol. The largest absolute Gasteiger partial charge is 0.586 e. The number of ether oxygens (including phenoxy) is 2. The average Bonchev–Trinajstić information content (AvgIpc) is 3.16. The molecule has 3 aromatic rings. The number of hydrogen-bond acceptors (Lipinski definition) is 7. The molecule has 0 atom stereocenters. The maximum absolute atomic E-state index is 13.2. The summed E-state index contributed by atoms with van der Waals surface area (Å²) in [4.78, 5) is 17.0. The highest BCUT2D eigenvalue weighted by Gasteiger charge is 2.43. The Bertz CT molecular complexity index is 1050. The minimum Gasteiger partial charge on any atom is -0.442 e. The van der Waals surface area contributed by atoms with Crippen LogP contribution in [-0.2, 0) is 0 Å². The molecule has 0 bridgehead atoms. The lowest BCUT2D eigenvalue weighted by atomic mass is 10.1. The van der Waals surface area contributed by atoms with Gasteiger partial charge in [-0.25, -0.2) is 15.0 Å². The second kappa shape index (κ2) is 6.11. The average molecular weight is 372 g/mol. The summed E-state index contributed by atoms with van der Waals surface area (Å²) in [6, 6.07) is 2.94. The number of oxazole rings is 1. The first-order valence-electron chi connectivity index (χ1n) is 8.01. The van der Waals surface area contributed by atoms with Crippen molar-refractivity contribution in [2.45, 2.75) is 27.1 Å². The molecule has 1 aromatic carbocycles. The number of aryl methyl sites for hydroxylation is 2. The SMILES string of the molecule is CC(=Nc1cnc(-c2cc3c(cc2C)OC(F)(F)O3)cn1)c1ocnc1C. The number of benzene rings is 1. The Morgan fingerprint density at radius 3 is 2.41 bits per heavy atom. The zero-order chi connectivity index (χ0) is 19.2. The third kappa shape index (κ3) is 3.23. The Morgan fingerprint density at radius 1 is 1.04 bits per heavy atom. The molecule has 1 aliphatic heterocycles. The van der Waals surface area contributed by atoms with E-state index in [1.807, 2.05) is 6.92 Å². The molecular weight excluding hydrogens is 358 g/mol. The summed E-state index contributed by atoms with van der Waals surface area (Å²) in [7, 11) is 0. The van der Waals surface area contributed by atoms with Crippen LogP contribution in [0.2, 0.25) is 0 Å². The van der Waals surface area contributed by atoms with Gasteiger partial charge in [-0.3, -0.25) is 4.98 Å². The molecule has 4 rings (SSSR count). The van der Waals surface area contributed by atoms with E-state index in [-0.39, 0.29) is 11.5 Å². The van der Waals surface area contributed by atoms with Gasteiger partial charge in [0.15, 0.2) is 29.5 Å². The van der Waals surface area contributed by atoms with Crippen molar-refractivity contribution in [3.63, 3.8) is 0 Å². The molecule has 0 spiro atoms.